The van der Waals surface area contributed by atoms with Crippen molar-refractivity contribution in [2.24, 2.45) is 10.7 Å². The zero-order valence-corrected chi connectivity index (χ0v) is 12.7. The third-order valence-electron chi connectivity index (χ3n) is 2.58. The summed E-state index contributed by atoms with van der Waals surface area (Å²) in [4.78, 5) is 4.20. The van der Waals surface area contributed by atoms with E-state index in [2.05, 4.69) is 10.3 Å². The molecule has 0 amide bonds. The minimum Gasteiger partial charge on any atom is -0.388 e. The number of aliphatic imine (C=N–C) groups is 1. The van der Waals surface area contributed by atoms with Crippen molar-refractivity contribution in [2.75, 3.05) is 6.54 Å². The summed E-state index contributed by atoms with van der Waals surface area (Å²) in [6, 6.07) is 0. The van der Waals surface area contributed by atoms with E-state index in [0.29, 0.717) is 12.5 Å². The molecule has 16 heavy (non-hydrogen) atoms. The summed E-state index contributed by atoms with van der Waals surface area (Å²) >= 11 is 0. The van der Waals surface area contributed by atoms with Crippen LogP contribution in [0.3, 0.4) is 0 Å². The fourth-order valence-corrected chi connectivity index (χ4v) is 1.85. The van der Waals surface area contributed by atoms with Crippen molar-refractivity contribution in [1.82, 2.24) is 5.32 Å². The first-order valence-corrected chi connectivity index (χ1v) is 5.61. The molecule has 0 unspecified atom stereocenters. The molecule has 0 bridgehead atoms. The van der Waals surface area contributed by atoms with Gasteiger partial charge in [0.15, 0.2) is 5.96 Å². The van der Waals surface area contributed by atoms with Crippen molar-refractivity contribution in [3.05, 3.63) is 0 Å². The Kier molecular flexibility index (Phi) is 6.03. The van der Waals surface area contributed by atoms with E-state index in [1.54, 1.807) is 0 Å². The van der Waals surface area contributed by atoms with Crippen molar-refractivity contribution < 1.29 is 5.11 Å². The molecule has 0 heterocycles. The van der Waals surface area contributed by atoms with Crippen molar-refractivity contribution >= 4 is 29.9 Å². The molecule has 96 valence electrons. The minimum absolute atomic E-state index is 0. The number of hydrogen-bond donors (Lipinski definition) is 3. The van der Waals surface area contributed by atoms with Gasteiger partial charge >= 0.3 is 0 Å². The van der Waals surface area contributed by atoms with Gasteiger partial charge in [-0.15, -0.1) is 24.0 Å². The molecule has 0 saturated heterocycles. The van der Waals surface area contributed by atoms with Crippen LogP contribution in [0.4, 0.5) is 0 Å². The Balaban J connectivity index is 0.00000225. The highest BCUT2D eigenvalue weighted by Gasteiger charge is 2.30. The minimum atomic E-state index is -0.607. The Morgan fingerprint density at radius 3 is 2.31 bits per heavy atom. The lowest BCUT2D eigenvalue weighted by molar-refractivity contribution is 0.0574. The highest BCUT2D eigenvalue weighted by atomic mass is 127. The fourth-order valence-electron chi connectivity index (χ4n) is 1.85. The van der Waals surface area contributed by atoms with E-state index < -0.39 is 5.60 Å². The highest BCUT2D eigenvalue weighted by Crippen LogP contribution is 2.29. The predicted octanol–water partition coefficient (Wildman–Crippen LogP) is 1.61. The third-order valence-corrected chi connectivity index (χ3v) is 2.58. The van der Waals surface area contributed by atoms with Gasteiger partial charge in [-0.1, -0.05) is 12.8 Å². The summed E-state index contributed by atoms with van der Waals surface area (Å²) in [5, 5.41) is 13.1. The van der Waals surface area contributed by atoms with E-state index in [4.69, 9.17) is 5.73 Å². The molecule has 4 N–H and O–H groups in total. The second-order valence-corrected chi connectivity index (χ2v) is 5.51. The van der Waals surface area contributed by atoms with E-state index in [9.17, 15) is 5.11 Å². The number of halogens is 1. The van der Waals surface area contributed by atoms with Gasteiger partial charge in [-0.3, -0.25) is 4.99 Å². The van der Waals surface area contributed by atoms with Crippen LogP contribution in [0.25, 0.3) is 0 Å². The second-order valence-electron chi connectivity index (χ2n) is 5.51. The lowest BCUT2D eigenvalue weighted by Gasteiger charge is -2.23. The van der Waals surface area contributed by atoms with Gasteiger partial charge in [-0.2, -0.15) is 0 Å². The van der Waals surface area contributed by atoms with Crippen molar-refractivity contribution in [1.29, 1.82) is 0 Å². The fraction of sp³-hybridized carbons (Fsp3) is 0.909. The molecular weight excluding hydrogens is 317 g/mol. The average molecular weight is 341 g/mol. The van der Waals surface area contributed by atoms with Crippen LogP contribution in [0, 0.1) is 0 Å². The maximum atomic E-state index is 10.0. The van der Waals surface area contributed by atoms with E-state index in [1.165, 1.54) is 0 Å². The SMILES string of the molecule is CC(C)(C)NC(N)=NCC1(O)CCCC1.I. The second kappa shape index (κ2) is 6.05. The molecular formula is C11H24IN3O. The van der Waals surface area contributed by atoms with Gasteiger partial charge in [0.2, 0.25) is 0 Å². The van der Waals surface area contributed by atoms with Crippen LogP contribution in [0.15, 0.2) is 4.99 Å². The molecule has 0 aromatic rings. The molecule has 1 fully saturated rings. The highest BCUT2D eigenvalue weighted by molar-refractivity contribution is 14.0. The van der Waals surface area contributed by atoms with E-state index in [0.717, 1.165) is 25.7 Å². The van der Waals surface area contributed by atoms with Crippen molar-refractivity contribution in [3.8, 4) is 0 Å². The van der Waals surface area contributed by atoms with E-state index in [1.807, 2.05) is 20.8 Å². The van der Waals surface area contributed by atoms with Crippen LogP contribution in [0.1, 0.15) is 46.5 Å². The van der Waals surface area contributed by atoms with Gasteiger partial charge in [0.25, 0.3) is 0 Å². The van der Waals surface area contributed by atoms with Crippen LogP contribution in [-0.4, -0.2) is 28.8 Å². The predicted molar refractivity (Wildman–Crippen MR) is 78.2 cm³/mol. The monoisotopic (exact) mass is 341 g/mol. The number of rotatable bonds is 2. The lowest BCUT2D eigenvalue weighted by atomic mass is 10.0. The van der Waals surface area contributed by atoms with Crippen LogP contribution in [-0.2, 0) is 0 Å². The third kappa shape index (κ3) is 5.89. The topological polar surface area (TPSA) is 70.6 Å². The van der Waals surface area contributed by atoms with Crippen LogP contribution >= 0.6 is 24.0 Å². The summed E-state index contributed by atoms with van der Waals surface area (Å²) in [6.45, 7) is 6.50. The molecule has 1 rings (SSSR count). The Morgan fingerprint density at radius 2 is 1.88 bits per heavy atom. The Bertz CT molecular complexity index is 242. The summed E-state index contributed by atoms with van der Waals surface area (Å²) < 4.78 is 0. The van der Waals surface area contributed by atoms with Gasteiger partial charge in [0.1, 0.15) is 0 Å². The molecule has 0 aromatic carbocycles. The number of nitrogens with zero attached hydrogens (tertiary/aromatic N) is 1. The van der Waals surface area contributed by atoms with Crippen LogP contribution < -0.4 is 11.1 Å². The van der Waals surface area contributed by atoms with Crippen molar-refractivity contribution in [2.45, 2.75) is 57.6 Å². The normalized spacial score (nSPS) is 20.4. The molecule has 0 spiro atoms. The van der Waals surface area contributed by atoms with Crippen molar-refractivity contribution in [3.63, 3.8) is 0 Å². The van der Waals surface area contributed by atoms with Crippen LogP contribution in [0.2, 0.25) is 0 Å². The quantitative estimate of drug-likeness (QED) is 0.406. The van der Waals surface area contributed by atoms with Gasteiger partial charge in [-0.25, -0.2) is 0 Å². The summed E-state index contributed by atoms with van der Waals surface area (Å²) in [5.74, 6) is 0.419. The summed E-state index contributed by atoms with van der Waals surface area (Å²) in [5.41, 5.74) is 5.04. The Labute approximate surface area is 115 Å². The number of hydrogen-bond acceptors (Lipinski definition) is 2. The molecule has 0 aromatic heterocycles. The van der Waals surface area contributed by atoms with Gasteiger partial charge in [-0.05, 0) is 33.6 Å². The van der Waals surface area contributed by atoms with Crippen LogP contribution in [0.5, 0.6) is 0 Å². The smallest absolute Gasteiger partial charge is 0.189 e. The molecule has 0 radical (unpaired) electrons. The maximum Gasteiger partial charge on any atom is 0.189 e. The molecule has 0 atom stereocenters. The van der Waals surface area contributed by atoms with Gasteiger partial charge in [0, 0.05) is 5.54 Å². The molecule has 1 aliphatic carbocycles. The first-order valence-electron chi connectivity index (χ1n) is 5.61. The zero-order valence-electron chi connectivity index (χ0n) is 10.4. The number of guanidine groups is 1. The first-order chi connectivity index (χ1) is 6.81. The molecule has 1 aliphatic rings. The Morgan fingerprint density at radius 1 is 1.38 bits per heavy atom. The molecule has 5 heteroatoms. The molecule has 0 aliphatic heterocycles. The largest absolute Gasteiger partial charge is 0.388 e. The van der Waals surface area contributed by atoms with E-state index >= 15 is 0 Å². The number of nitrogens with one attached hydrogen (secondary N) is 1. The zero-order chi connectivity index (χ0) is 11.5. The standard InChI is InChI=1S/C11H23N3O.HI/c1-10(2,3)14-9(12)13-8-11(15)6-4-5-7-11;/h15H,4-8H2,1-3H3,(H3,12,13,14);1H. The number of aliphatic hydroxyl groups is 1. The first kappa shape index (κ1) is 16.0. The molecule has 4 nitrogen and oxygen atoms in total. The lowest BCUT2D eigenvalue weighted by Crippen LogP contribution is -2.45. The average Bonchev–Trinajstić information content (AvgIpc) is 2.47. The summed E-state index contributed by atoms with van der Waals surface area (Å²) in [7, 11) is 0. The maximum absolute atomic E-state index is 10.0. The van der Waals surface area contributed by atoms with E-state index in [-0.39, 0.29) is 29.5 Å². The number of nitrogens with two attached hydrogens (primary N) is 1. The Hall–Kier alpha value is -0.0400. The van der Waals surface area contributed by atoms with Gasteiger partial charge < -0.3 is 16.2 Å². The summed E-state index contributed by atoms with van der Waals surface area (Å²) in [6.07, 6.45) is 3.88. The molecule has 1 saturated carbocycles. The van der Waals surface area contributed by atoms with Gasteiger partial charge in [0.05, 0.1) is 12.1 Å².